The monoisotopic (exact) mass is 275 g/mol. The molecule has 98 valence electrons. The molecular weight excluding hydrogens is 262 g/mol. The van der Waals surface area contributed by atoms with Gasteiger partial charge in [-0.15, -0.1) is 11.3 Å². The topological polar surface area (TPSA) is 71.0 Å². The van der Waals surface area contributed by atoms with Gasteiger partial charge in [0.05, 0.1) is 10.4 Å². The second-order valence-electron chi connectivity index (χ2n) is 4.22. The Balaban J connectivity index is 1.77. The zero-order valence-electron chi connectivity index (χ0n) is 10.2. The average Bonchev–Trinajstić information content (AvgIpc) is 2.89. The van der Waals surface area contributed by atoms with Crippen LogP contribution in [0.5, 0.6) is 0 Å². The molecule has 19 heavy (non-hydrogen) atoms. The summed E-state index contributed by atoms with van der Waals surface area (Å²) in [4.78, 5) is 27.2. The van der Waals surface area contributed by atoms with Crippen LogP contribution in [0.3, 0.4) is 0 Å². The number of thiazole rings is 1. The first-order valence-corrected chi connectivity index (χ1v) is 6.93. The summed E-state index contributed by atoms with van der Waals surface area (Å²) in [6.45, 7) is 2.04. The number of nitrogens with one attached hydrogen (secondary N) is 1. The summed E-state index contributed by atoms with van der Waals surface area (Å²) in [5.41, 5.74) is 2.75. The van der Waals surface area contributed by atoms with Crippen LogP contribution in [0.2, 0.25) is 0 Å². The molecule has 1 fully saturated rings. The molecule has 1 amide bonds. The number of nitrogens with zero attached hydrogens (tertiary/aromatic N) is 4. The lowest BCUT2D eigenvalue weighted by atomic mass is 10.3. The molecule has 6 nitrogen and oxygen atoms in total. The van der Waals surface area contributed by atoms with Crippen LogP contribution in [0.25, 0.3) is 10.4 Å². The lowest BCUT2D eigenvalue weighted by molar-refractivity contribution is -0.120. The van der Waals surface area contributed by atoms with E-state index in [0.29, 0.717) is 25.5 Å². The molecule has 0 saturated carbocycles. The van der Waals surface area contributed by atoms with Crippen molar-refractivity contribution in [2.24, 2.45) is 0 Å². The molecule has 1 aliphatic rings. The van der Waals surface area contributed by atoms with E-state index < -0.39 is 0 Å². The van der Waals surface area contributed by atoms with Gasteiger partial charge >= 0.3 is 0 Å². The van der Waals surface area contributed by atoms with E-state index in [1.165, 1.54) is 0 Å². The number of rotatable bonds is 2. The van der Waals surface area contributed by atoms with Crippen LogP contribution in [0.4, 0.5) is 5.95 Å². The highest BCUT2D eigenvalue weighted by Crippen LogP contribution is 2.22. The molecule has 0 radical (unpaired) electrons. The zero-order valence-corrected chi connectivity index (χ0v) is 11.1. The molecular formula is C12H13N5OS. The predicted molar refractivity (Wildman–Crippen MR) is 73.0 cm³/mol. The molecule has 1 saturated heterocycles. The third-order valence-corrected chi connectivity index (χ3v) is 3.77. The van der Waals surface area contributed by atoms with E-state index in [2.05, 4.69) is 20.3 Å². The van der Waals surface area contributed by atoms with Crippen LogP contribution in [-0.2, 0) is 4.79 Å². The van der Waals surface area contributed by atoms with Gasteiger partial charge in [0, 0.05) is 50.2 Å². The molecule has 1 aliphatic heterocycles. The van der Waals surface area contributed by atoms with Crippen molar-refractivity contribution in [1.82, 2.24) is 20.3 Å². The van der Waals surface area contributed by atoms with E-state index in [0.717, 1.165) is 17.0 Å². The van der Waals surface area contributed by atoms with Crippen LogP contribution in [0, 0.1) is 0 Å². The number of hydrogen-bond acceptors (Lipinski definition) is 6. The summed E-state index contributed by atoms with van der Waals surface area (Å²) in [6.07, 6.45) is 5.89. The number of hydrogen-bond donors (Lipinski definition) is 1. The Morgan fingerprint density at radius 1 is 1.21 bits per heavy atom. The first-order chi connectivity index (χ1) is 9.33. The Morgan fingerprint density at radius 2 is 2.05 bits per heavy atom. The van der Waals surface area contributed by atoms with Crippen molar-refractivity contribution in [3.8, 4) is 10.4 Å². The SMILES string of the molecule is O=C1CCN(c2ncc(-c3cncs3)cn2)CCN1. The number of amides is 1. The fourth-order valence-corrected chi connectivity index (χ4v) is 2.54. The molecule has 7 heteroatoms. The predicted octanol–water partition coefficient (Wildman–Crippen LogP) is 0.926. The number of aromatic nitrogens is 3. The minimum absolute atomic E-state index is 0.0868. The number of carbonyl (C=O) groups is 1. The van der Waals surface area contributed by atoms with Gasteiger partial charge in [-0.25, -0.2) is 9.97 Å². The Labute approximate surface area is 114 Å². The molecule has 2 aromatic heterocycles. The Morgan fingerprint density at radius 3 is 2.79 bits per heavy atom. The first kappa shape index (κ1) is 12.0. The summed E-state index contributed by atoms with van der Waals surface area (Å²) in [5, 5.41) is 2.84. The van der Waals surface area contributed by atoms with Crippen molar-refractivity contribution < 1.29 is 4.79 Å². The third kappa shape index (κ3) is 2.70. The average molecular weight is 275 g/mol. The molecule has 0 aliphatic carbocycles. The number of anilines is 1. The number of carbonyl (C=O) groups excluding carboxylic acids is 1. The molecule has 1 N–H and O–H groups in total. The van der Waals surface area contributed by atoms with E-state index in [1.807, 2.05) is 4.90 Å². The maximum atomic E-state index is 11.3. The van der Waals surface area contributed by atoms with Crippen LogP contribution in [-0.4, -0.2) is 40.5 Å². The van der Waals surface area contributed by atoms with Gasteiger partial charge in [0.25, 0.3) is 0 Å². The van der Waals surface area contributed by atoms with Crippen LogP contribution in [0.1, 0.15) is 6.42 Å². The van der Waals surface area contributed by atoms with Crippen molar-refractivity contribution in [1.29, 1.82) is 0 Å². The summed E-state index contributed by atoms with van der Waals surface area (Å²) >= 11 is 1.56. The summed E-state index contributed by atoms with van der Waals surface area (Å²) in [5.74, 6) is 0.758. The van der Waals surface area contributed by atoms with Crippen molar-refractivity contribution in [3.05, 3.63) is 24.1 Å². The second kappa shape index (κ2) is 5.31. The lowest BCUT2D eigenvalue weighted by Gasteiger charge is -2.18. The molecule has 0 atom stereocenters. The van der Waals surface area contributed by atoms with Crippen molar-refractivity contribution >= 4 is 23.2 Å². The van der Waals surface area contributed by atoms with Gasteiger partial charge in [-0.05, 0) is 0 Å². The highest BCUT2D eigenvalue weighted by Gasteiger charge is 2.15. The first-order valence-electron chi connectivity index (χ1n) is 6.05. The lowest BCUT2D eigenvalue weighted by Crippen LogP contribution is -2.29. The normalized spacial score (nSPS) is 16.0. The minimum atomic E-state index is 0.0868. The molecule has 0 aromatic carbocycles. The van der Waals surface area contributed by atoms with Crippen molar-refractivity contribution in [2.75, 3.05) is 24.5 Å². The largest absolute Gasteiger partial charge is 0.354 e. The zero-order chi connectivity index (χ0) is 13.1. The Bertz CT molecular complexity index is 554. The Kier molecular flexibility index (Phi) is 3.37. The van der Waals surface area contributed by atoms with Gasteiger partial charge in [-0.1, -0.05) is 0 Å². The van der Waals surface area contributed by atoms with Crippen LogP contribution in [0.15, 0.2) is 24.1 Å². The van der Waals surface area contributed by atoms with Gasteiger partial charge in [0.1, 0.15) is 0 Å². The van der Waals surface area contributed by atoms with Crippen molar-refractivity contribution in [2.45, 2.75) is 6.42 Å². The van der Waals surface area contributed by atoms with Gasteiger partial charge in [-0.2, -0.15) is 0 Å². The Hall–Kier alpha value is -2.02. The second-order valence-corrected chi connectivity index (χ2v) is 5.11. The molecule has 2 aromatic rings. The third-order valence-electron chi connectivity index (χ3n) is 2.95. The van der Waals surface area contributed by atoms with Gasteiger partial charge < -0.3 is 10.2 Å². The summed E-state index contributed by atoms with van der Waals surface area (Å²) in [6, 6.07) is 0. The quantitative estimate of drug-likeness (QED) is 0.882. The van der Waals surface area contributed by atoms with Crippen LogP contribution < -0.4 is 10.2 Å². The maximum Gasteiger partial charge on any atom is 0.225 e. The van der Waals surface area contributed by atoms with Gasteiger partial charge in [-0.3, -0.25) is 9.78 Å². The minimum Gasteiger partial charge on any atom is -0.354 e. The highest BCUT2D eigenvalue weighted by molar-refractivity contribution is 7.13. The fourth-order valence-electron chi connectivity index (χ4n) is 1.94. The van der Waals surface area contributed by atoms with Crippen molar-refractivity contribution in [3.63, 3.8) is 0 Å². The van der Waals surface area contributed by atoms with Gasteiger partial charge in [0.15, 0.2) is 0 Å². The standard InChI is InChI=1S/C12H13N5OS/c18-11-1-3-17(4-2-14-11)12-15-5-9(6-16-12)10-7-13-8-19-10/h5-8H,1-4H2,(H,14,18). The van der Waals surface area contributed by atoms with E-state index >= 15 is 0 Å². The smallest absolute Gasteiger partial charge is 0.225 e. The molecule has 0 unspecified atom stereocenters. The molecule has 0 bridgehead atoms. The highest BCUT2D eigenvalue weighted by atomic mass is 32.1. The summed E-state index contributed by atoms with van der Waals surface area (Å²) in [7, 11) is 0. The van der Waals surface area contributed by atoms with E-state index in [9.17, 15) is 4.79 Å². The molecule has 3 rings (SSSR count). The van der Waals surface area contributed by atoms with E-state index in [4.69, 9.17) is 0 Å². The van der Waals surface area contributed by atoms with Crippen LogP contribution >= 0.6 is 11.3 Å². The van der Waals surface area contributed by atoms with Gasteiger partial charge in [0.2, 0.25) is 11.9 Å². The van der Waals surface area contributed by atoms with E-state index in [1.54, 1.807) is 35.4 Å². The molecule has 3 heterocycles. The fraction of sp³-hybridized carbons (Fsp3) is 0.333. The molecule has 0 spiro atoms. The van der Waals surface area contributed by atoms with E-state index in [-0.39, 0.29) is 5.91 Å². The maximum absolute atomic E-state index is 11.3. The summed E-state index contributed by atoms with van der Waals surface area (Å²) < 4.78 is 0.